The highest BCUT2D eigenvalue weighted by Gasteiger charge is 2.23. The van der Waals surface area contributed by atoms with Gasteiger partial charge in [0.15, 0.2) is 11.5 Å². The maximum atomic E-state index is 11.5. The van der Waals surface area contributed by atoms with Crippen molar-refractivity contribution in [2.24, 2.45) is 5.92 Å². The first kappa shape index (κ1) is 14.7. The van der Waals surface area contributed by atoms with Gasteiger partial charge in [-0.1, -0.05) is 6.07 Å². The number of methoxy groups -OCH3 is 1. The summed E-state index contributed by atoms with van der Waals surface area (Å²) in [7, 11) is 1.59. The Kier molecular flexibility index (Phi) is 4.20. The quantitative estimate of drug-likeness (QED) is 0.816. The fourth-order valence-electron chi connectivity index (χ4n) is 2.29. The summed E-state index contributed by atoms with van der Waals surface area (Å²) in [5.41, 5.74) is 0.456. The summed E-state index contributed by atoms with van der Waals surface area (Å²) in [6.07, 6.45) is 4.79. The molecule has 0 saturated heterocycles. The lowest BCUT2D eigenvalue weighted by Crippen LogP contribution is -2.20. The molecule has 0 amide bonds. The Morgan fingerprint density at radius 1 is 1.41 bits per heavy atom. The van der Waals surface area contributed by atoms with Gasteiger partial charge in [0, 0.05) is 12.4 Å². The zero-order valence-electron chi connectivity index (χ0n) is 12.5. The summed E-state index contributed by atoms with van der Waals surface area (Å²) >= 11 is 0. The number of nitrogens with zero attached hydrogens (tertiary/aromatic N) is 1. The molecule has 1 aliphatic carbocycles. The third-order valence-electron chi connectivity index (χ3n) is 3.84. The lowest BCUT2D eigenvalue weighted by molar-refractivity contribution is 0.154. The molecule has 0 aliphatic heterocycles. The Bertz CT molecular complexity index is 687. The topological polar surface area (TPSA) is 76.5 Å². The Morgan fingerprint density at radius 3 is 2.86 bits per heavy atom. The maximum absolute atomic E-state index is 11.5. The average Bonchev–Trinajstić information content (AvgIpc) is 3.28. The molecule has 1 heterocycles. The first-order valence-corrected chi connectivity index (χ1v) is 7.40. The van der Waals surface area contributed by atoms with Crippen molar-refractivity contribution >= 4 is 0 Å². The standard InChI is InChI=1S/C16H20N2O4/c1-21-14-5-4-12(8-15(14)22-10-11-2-3-11)13(19)9-18-7-6-17-16(18)20/h4-8,11,13,19H,2-3,9-10H2,1H3,(H,17,20). The van der Waals surface area contributed by atoms with Crippen LogP contribution < -0.4 is 15.2 Å². The second kappa shape index (κ2) is 6.27. The molecule has 2 N–H and O–H groups in total. The van der Waals surface area contributed by atoms with Crippen LogP contribution in [0.15, 0.2) is 35.4 Å². The monoisotopic (exact) mass is 304 g/mol. The second-order valence-electron chi connectivity index (χ2n) is 5.60. The number of ether oxygens (including phenoxy) is 2. The van der Waals surface area contributed by atoms with Gasteiger partial charge in [0.1, 0.15) is 0 Å². The third-order valence-corrected chi connectivity index (χ3v) is 3.84. The largest absolute Gasteiger partial charge is 0.493 e. The van der Waals surface area contributed by atoms with Crippen molar-refractivity contribution in [3.63, 3.8) is 0 Å². The fraction of sp³-hybridized carbons (Fsp3) is 0.438. The zero-order chi connectivity index (χ0) is 15.5. The van der Waals surface area contributed by atoms with Crippen molar-refractivity contribution in [3.05, 3.63) is 46.6 Å². The van der Waals surface area contributed by atoms with Gasteiger partial charge in [0.05, 0.1) is 26.4 Å². The molecule has 3 rings (SSSR count). The summed E-state index contributed by atoms with van der Waals surface area (Å²) in [4.78, 5) is 14.0. The van der Waals surface area contributed by atoms with Crippen LogP contribution in [0.25, 0.3) is 0 Å². The average molecular weight is 304 g/mol. The van der Waals surface area contributed by atoms with E-state index in [1.165, 1.54) is 17.4 Å². The molecule has 2 aromatic rings. The summed E-state index contributed by atoms with van der Waals surface area (Å²) < 4.78 is 12.5. The van der Waals surface area contributed by atoms with Gasteiger partial charge in [0.2, 0.25) is 0 Å². The number of imidazole rings is 1. The molecule has 1 aromatic carbocycles. The van der Waals surface area contributed by atoms with Crippen molar-refractivity contribution in [2.45, 2.75) is 25.5 Å². The molecule has 1 aromatic heterocycles. The number of aromatic nitrogens is 2. The van der Waals surface area contributed by atoms with Crippen molar-refractivity contribution in [2.75, 3.05) is 13.7 Å². The summed E-state index contributed by atoms with van der Waals surface area (Å²) in [6.45, 7) is 0.865. The summed E-state index contributed by atoms with van der Waals surface area (Å²) in [5, 5.41) is 10.3. The molecule has 22 heavy (non-hydrogen) atoms. The summed E-state index contributed by atoms with van der Waals surface area (Å²) in [6, 6.07) is 5.34. The van der Waals surface area contributed by atoms with Crippen LogP contribution in [0.3, 0.4) is 0 Å². The minimum Gasteiger partial charge on any atom is -0.493 e. The third kappa shape index (κ3) is 3.33. The molecule has 6 nitrogen and oxygen atoms in total. The van der Waals surface area contributed by atoms with E-state index in [1.807, 2.05) is 0 Å². The van der Waals surface area contributed by atoms with Crippen LogP contribution in [0, 0.1) is 5.92 Å². The molecule has 6 heteroatoms. The van der Waals surface area contributed by atoms with Gasteiger partial charge in [-0.2, -0.15) is 0 Å². The van der Waals surface area contributed by atoms with E-state index in [2.05, 4.69) is 4.98 Å². The summed E-state index contributed by atoms with van der Waals surface area (Å²) in [5.74, 6) is 1.92. The van der Waals surface area contributed by atoms with Crippen molar-refractivity contribution < 1.29 is 14.6 Å². The van der Waals surface area contributed by atoms with Crippen LogP contribution in [0.2, 0.25) is 0 Å². The number of hydrogen-bond donors (Lipinski definition) is 2. The highest BCUT2D eigenvalue weighted by Crippen LogP contribution is 2.34. The highest BCUT2D eigenvalue weighted by atomic mass is 16.5. The molecule has 1 aliphatic rings. The molecular formula is C16H20N2O4. The molecule has 1 fully saturated rings. The van der Waals surface area contributed by atoms with Crippen LogP contribution in [0.1, 0.15) is 24.5 Å². The number of rotatable bonds is 7. The van der Waals surface area contributed by atoms with Gasteiger partial charge in [-0.05, 0) is 36.5 Å². The van der Waals surface area contributed by atoms with Crippen LogP contribution in [-0.4, -0.2) is 28.4 Å². The van der Waals surface area contributed by atoms with E-state index in [0.29, 0.717) is 29.6 Å². The van der Waals surface area contributed by atoms with E-state index in [0.717, 1.165) is 0 Å². The van der Waals surface area contributed by atoms with E-state index in [-0.39, 0.29) is 12.2 Å². The molecule has 1 atom stereocenters. The Hall–Kier alpha value is -2.21. The van der Waals surface area contributed by atoms with Crippen LogP contribution in [0.5, 0.6) is 11.5 Å². The molecule has 1 unspecified atom stereocenters. The van der Waals surface area contributed by atoms with Gasteiger partial charge in [-0.3, -0.25) is 4.57 Å². The second-order valence-corrected chi connectivity index (χ2v) is 5.60. The number of aliphatic hydroxyl groups is 1. The molecular weight excluding hydrogens is 284 g/mol. The number of aliphatic hydroxyl groups excluding tert-OH is 1. The van der Waals surface area contributed by atoms with E-state index < -0.39 is 6.10 Å². The van der Waals surface area contributed by atoms with Gasteiger partial charge < -0.3 is 19.6 Å². The van der Waals surface area contributed by atoms with Gasteiger partial charge in [0.25, 0.3) is 0 Å². The number of hydrogen-bond acceptors (Lipinski definition) is 4. The van der Waals surface area contributed by atoms with E-state index >= 15 is 0 Å². The SMILES string of the molecule is COc1ccc(C(O)Cn2cc[nH]c2=O)cc1OCC1CC1. The normalized spacial score (nSPS) is 15.5. The fourth-order valence-corrected chi connectivity index (χ4v) is 2.29. The minimum absolute atomic E-state index is 0.191. The lowest BCUT2D eigenvalue weighted by Gasteiger charge is -2.15. The smallest absolute Gasteiger partial charge is 0.325 e. The Labute approximate surface area is 128 Å². The molecule has 118 valence electrons. The van der Waals surface area contributed by atoms with E-state index in [1.54, 1.807) is 37.7 Å². The number of H-pyrrole nitrogens is 1. The van der Waals surface area contributed by atoms with Crippen LogP contribution >= 0.6 is 0 Å². The zero-order valence-corrected chi connectivity index (χ0v) is 12.5. The Morgan fingerprint density at radius 2 is 2.23 bits per heavy atom. The maximum Gasteiger partial charge on any atom is 0.325 e. The number of aromatic amines is 1. The highest BCUT2D eigenvalue weighted by molar-refractivity contribution is 5.43. The molecule has 0 bridgehead atoms. The van der Waals surface area contributed by atoms with E-state index in [4.69, 9.17) is 9.47 Å². The first-order chi connectivity index (χ1) is 10.7. The predicted molar refractivity (Wildman–Crippen MR) is 81.2 cm³/mol. The predicted octanol–water partition coefficient (Wildman–Crippen LogP) is 1.71. The van der Waals surface area contributed by atoms with E-state index in [9.17, 15) is 9.90 Å². The number of nitrogens with one attached hydrogen (secondary N) is 1. The lowest BCUT2D eigenvalue weighted by atomic mass is 10.1. The first-order valence-electron chi connectivity index (χ1n) is 7.40. The van der Waals surface area contributed by atoms with Crippen molar-refractivity contribution in [3.8, 4) is 11.5 Å². The number of benzene rings is 1. The van der Waals surface area contributed by atoms with Crippen molar-refractivity contribution in [1.82, 2.24) is 9.55 Å². The van der Waals surface area contributed by atoms with Gasteiger partial charge in [-0.15, -0.1) is 0 Å². The van der Waals surface area contributed by atoms with Crippen LogP contribution in [0.4, 0.5) is 0 Å². The Balaban J connectivity index is 1.75. The van der Waals surface area contributed by atoms with Gasteiger partial charge in [-0.25, -0.2) is 4.79 Å². The van der Waals surface area contributed by atoms with Crippen LogP contribution in [-0.2, 0) is 6.54 Å². The molecule has 0 spiro atoms. The molecule has 0 radical (unpaired) electrons. The molecule has 1 saturated carbocycles. The van der Waals surface area contributed by atoms with Gasteiger partial charge >= 0.3 is 5.69 Å². The van der Waals surface area contributed by atoms with Crippen molar-refractivity contribution in [1.29, 1.82) is 0 Å². The minimum atomic E-state index is -0.789.